The summed E-state index contributed by atoms with van der Waals surface area (Å²) in [7, 11) is 0. The van der Waals surface area contributed by atoms with Crippen LogP contribution in [-0.4, -0.2) is 23.6 Å². The maximum Gasteiger partial charge on any atom is 0.343 e. The summed E-state index contributed by atoms with van der Waals surface area (Å²) in [5, 5.41) is 0.537. The maximum atomic E-state index is 12.6. The molecule has 0 rings (SSSR count). The van der Waals surface area contributed by atoms with Gasteiger partial charge < -0.3 is 4.74 Å². The molecule has 0 aliphatic heterocycles. The predicted molar refractivity (Wildman–Crippen MR) is 39.9 cm³/mol. The van der Waals surface area contributed by atoms with Gasteiger partial charge in [-0.3, -0.25) is 0 Å². The van der Waals surface area contributed by atoms with Crippen molar-refractivity contribution in [3.8, 4) is 0 Å². The van der Waals surface area contributed by atoms with Crippen molar-refractivity contribution < 1.29 is 13.9 Å². The van der Waals surface area contributed by atoms with Crippen molar-refractivity contribution in [1.82, 2.24) is 0 Å². The normalized spacial score (nSPS) is 11.2. The van der Waals surface area contributed by atoms with Crippen LogP contribution >= 0.6 is 15.9 Å². The average Bonchev–Trinajstić information content (AvgIpc) is 1.80. The molecule has 2 nitrogen and oxygen atoms in total. The fourth-order valence-corrected chi connectivity index (χ4v) is 0.465. The van der Waals surface area contributed by atoms with Gasteiger partial charge in [0.2, 0.25) is 5.67 Å². The Labute approximate surface area is 67.9 Å². The summed E-state index contributed by atoms with van der Waals surface area (Å²) < 4.78 is 17.1. The van der Waals surface area contributed by atoms with E-state index in [0.29, 0.717) is 5.33 Å². The summed E-state index contributed by atoms with van der Waals surface area (Å²) >= 11 is 3.04. The van der Waals surface area contributed by atoms with Gasteiger partial charge >= 0.3 is 5.97 Å². The number of esters is 1. The molecule has 0 aliphatic rings. The first-order valence-electron chi connectivity index (χ1n) is 2.90. The van der Waals surface area contributed by atoms with E-state index in [-0.39, 0.29) is 6.61 Å². The van der Waals surface area contributed by atoms with E-state index in [9.17, 15) is 9.18 Å². The number of rotatable bonds is 3. The van der Waals surface area contributed by atoms with E-state index in [1.165, 1.54) is 13.8 Å². The van der Waals surface area contributed by atoms with Crippen LogP contribution in [0.25, 0.3) is 0 Å². The molecule has 0 bridgehead atoms. The zero-order chi connectivity index (χ0) is 8.20. The molecule has 4 heteroatoms. The molecule has 0 spiro atoms. The van der Waals surface area contributed by atoms with Crippen molar-refractivity contribution >= 4 is 21.9 Å². The summed E-state index contributed by atoms with van der Waals surface area (Å²) in [5.41, 5.74) is -1.87. The predicted octanol–water partition coefficient (Wildman–Crippen LogP) is 1.67. The molecule has 0 aromatic rings. The van der Waals surface area contributed by atoms with Gasteiger partial charge in [0.25, 0.3) is 0 Å². The number of carbonyl (C=O) groups excluding carboxylic acids is 1. The molecule has 0 fully saturated rings. The first-order chi connectivity index (χ1) is 4.48. The van der Waals surface area contributed by atoms with Gasteiger partial charge in [-0.2, -0.15) is 0 Å². The van der Waals surface area contributed by atoms with Gasteiger partial charge in [0, 0.05) is 5.33 Å². The minimum Gasteiger partial charge on any atom is -0.462 e. The second kappa shape index (κ2) is 3.91. The third kappa shape index (κ3) is 3.82. The van der Waals surface area contributed by atoms with E-state index < -0.39 is 11.6 Å². The number of carbonyl (C=O) groups is 1. The highest BCUT2D eigenvalue weighted by Crippen LogP contribution is 2.09. The Morgan fingerprint density at radius 2 is 2.20 bits per heavy atom. The summed E-state index contributed by atoms with van der Waals surface area (Å²) in [6, 6.07) is 0. The maximum absolute atomic E-state index is 12.6. The molecule has 0 radical (unpaired) electrons. The van der Waals surface area contributed by atoms with Gasteiger partial charge in [-0.1, -0.05) is 15.9 Å². The minimum absolute atomic E-state index is 0.214. The highest BCUT2D eigenvalue weighted by atomic mass is 79.9. The highest BCUT2D eigenvalue weighted by Gasteiger charge is 2.27. The molecule has 0 unspecified atom stereocenters. The largest absolute Gasteiger partial charge is 0.462 e. The van der Waals surface area contributed by atoms with Crippen LogP contribution in [0.2, 0.25) is 0 Å². The van der Waals surface area contributed by atoms with Crippen molar-refractivity contribution in [2.75, 3.05) is 11.9 Å². The van der Waals surface area contributed by atoms with Gasteiger partial charge in [-0.05, 0) is 13.8 Å². The zero-order valence-corrected chi connectivity index (χ0v) is 7.57. The van der Waals surface area contributed by atoms with Gasteiger partial charge in [-0.15, -0.1) is 0 Å². The Morgan fingerprint density at radius 1 is 1.70 bits per heavy atom. The summed E-state index contributed by atoms with van der Waals surface area (Å²) in [4.78, 5) is 10.6. The molecule has 0 N–H and O–H groups in total. The fraction of sp³-hybridized carbons (Fsp3) is 0.833. The molecule has 0 saturated heterocycles. The van der Waals surface area contributed by atoms with Crippen LogP contribution in [0.15, 0.2) is 0 Å². The lowest BCUT2D eigenvalue weighted by molar-refractivity contribution is -0.154. The second-order valence-corrected chi connectivity index (χ2v) is 3.09. The molecule has 0 aromatic carbocycles. The van der Waals surface area contributed by atoms with E-state index in [1.54, 1.807) is 0 Å². The monoisotopic (exact) mass is 212 g/mol. The van der Waals surface area contributed by atoms with Crippen molar-refractivity contribution in [2.24, 2.45) is 0 Å². The topological polar surface area (TPSA) is 26.3 Å². The summed E-state index contributed by atoms with van der Waals surface area (Å²) in [5.74, 6) is -0.813. The zero-order valence-electron chi connectivity index (χ0n) is 5.99. The van der Waals surface area contributed by atoms with E-state index >= 15 is 0 Å². The van der Waals surface area contributed by atoms with Crippen molar-refractivity contribution in [1.29, 1.82) is 0 Å². The number of hydrogen-bond acceptors (Lipinski definition) is 2. The number of hydrogen-bond donors (Lipinski definition) is 0. The van der Waals surface area contributed by atoms with Crippen LogP contribution in [0.4, 0.5) is 4.39 Å². The fourth-order valence-electron chi connectivity index (χ4n) is 0.303. The molecule has 0 heterocycles. The quantitative estimate of drug-likeness (QED) is 0.526. The lowest BCUT2D eigenvalue weighted by Crippen LogP contribution is -2.28. The van der Waals surface area contributed by atoms with E-state index in [4.69, 9.17) is 0 Å². The number of ether oxygens (including phenoxy) is 1. The molecule has 0 amide bonds. The Balaban J connectivity index is 3.64. The van der Waals surface area contributed by atoms with Crippen LogP contribution < -0.4 is 0 Å². The SMILES string of the molecule is CC(C)(F)C(=O)OCCBr. The Hall–Kier alpha value is -0.120. The first-order valence-corrected chi connectivity index (χ1v) is 4.02. The standard InChI is InChI=1S/C6H10BrFO2/c1-6(2,8)5(9)10-4-3-7/h3-4H2,1-2H3. The average molecular weight is 213 g/mol. The molecule has 10 heavy (non-hydrogen) atoms. The van der Waals surface area contributed by atoms with Crippen molar-refractivity contribution in [3.63, 3.8) is 0 Å². The second-order valence-electron chi connectivity index (χ2n) is 2.30. The van der Waals surface area contributed by atoms with E-state index in [0.717, 1.165) is 0 Å². The first kappa shape index (κ1) is 9.88. The van der Waals surface area contributed by atoms with Crippen LogP contribution in [0.5, 0.6) is 0 Å². The highest BCUT2D eigenvalue weighted by molar-refractivity contribution is 9.09. The van der Waals surface area contributed by atoms with Crippen molar-refractivity contribution in [2.45, 2.75) is 19.5 Å². The number of halogens is 2. The number of alkyl halides is 2. The third-order valence-electron chi connectivity index (χ3n) is 0.796. The van der Waals surface area contributed by atoms with Gasteiger partial charge in [0.05, 0.1) is 0 Å². The smallest absolute Gasteiger partial charge is 0.343 e. The summed E-state index contributed by atoms with van der Waals surface area (Å²) in [6.07, 6.45) is 0. The molecule has 0 aromatic heterocycles. The molecule has 0 atom stereocenters. The van der Waals surface area contributed by atoms with Crippen LogP contribution in [-0.2, 0) is 9.53 Å². The summed E-state index contributed by atoms with van der Waals surface area (Å²) in [6.45, 7) is 2.55. The molecular weight excluding hydrogens is 203 g/mol. The lowest BCUT2D eigenvalue weighted by Gasteiger charge is -2.11. The molecule has 0 saturated carbocycles. The minimum atomic E-state index is -1.87. The van der Waals surface area contributed by atoms with E-state index in [2.05, 4.69) is 20.7 Å². The molecule has 0 aliphatic carbocycles. The molecular formula is C6H10BrFO2. The van der Waals surface area contributed by atoms with Crippen LogP contribution in [0.1, 0.15) is 13.8 Å². The third-order valence-corrected chi connectivity index (χ3v) is 1.12. The van der Waals surface area contributed by atoms with E-state index in [1.807, 2.05) is 0 Å². The Kier molecular flexibility index (Phi) is 3.86. The van der Waals surface area contributed by atoms with Gasteiger partial charge in [0.1, 0.15) is 6.61 Å². The van der Waals surface area contributed by atoms with Crippen LogP contribution in [0.3, 0.4) is 0 Å². The van der Waals surface area contributed by atoms with Gasteiger partial charge in [0.15, 0.2) is 0 Å². The Morgan fingerprint density at radius 3 is 2.50 bits per heavy atom. The Bertz CT molecular complexity index is 119. The lowest BCUT2D eigenvalue weighted by atomic mass is 10.2. The van der Waals surface area contributed by atoms with Gasteiger partial charge in [-0.25, -0.2) is 9.18 Å². The van der Waals surface area contributed by atoms with Crippen LogP contribution in [0, 0.1) is 0 Å². The molecule has 60 valence electrons. The van der Waals surface area contributed by atoms with Crippen molar-refractivity contribution in [3.05, 3.63) is 0 Å².